The van der Waals surface area contributed by atoms with E-state index in [1.54, 1.807) is 6.20 Å². The molecular weight excluding hydrogens is 397 g/mol. The lowest BCUT2D eigenvalue weighted by Gasteiger charge is -2.31. The van der Waals surface area contributed by atoms with Gasteiger partial charge in [-0.25, -0.2) is 0 Å². The molecule has 3 heterocycles. The van der Waals surface area contributed by atoms with Gasteiger partial charge < -0.3 is 10.2 Å². The number of pyridine rings is 1. The molecule has 8 heteroatoms. The highest BCUT2D eigenvalue weighted by Crippen LogP contribution is 2.20. The number of amides is 1. The van der Waals surface area contributed by atoms with Crippen molar-refractivity contribution in [3.8, 4) is 0 Å². The Bertz CT molecular complexity index is 743. The van der Waals surface area contributed by atoms with Crippen LogP contribution in [-0.4, -0.2) is 44.7 Å². The topological polar surface area (TPSA) is 63.1 Å². The average molecular weight is 428 g/mol. The highest BCUT2D eigenvalue weighted by molar-refractivity contribution is 5.85. The largest absolute Gasteiger partial charge is 0.333 e. The van der Waals surface area contributed by atoms with E-state index >= 15 is 0 Å². The van der Waals surface area contributed by atoms with Crippen molar-refractivity contribution in [1.82, 2.24) is 25.0 Å². The van der Waals surface area contributed by atoms with E-state index in [-0.39, 0.29) is 36.8 Å². The summed E-state index contributed by atoms with van der Waals surface area (Å²) >= 11 is 0. The summed E-state index contributed by atoms with van der Waals surface area (Å²) in [5, 5.41) is 7.90. The zero-order chi connectivity index (χ0) is 18.5. The van der Waals surface area contributed by atoms with Crippen LogP contribution < -0.4 is 5.32 Å². The maximum Gasteiger partial charge on any atom is 0.227 e. The molecular formula is C20H31Cl2N5O. The molecule has 1 saturated heterocycles. The van der Waals surface area contributed by atoms with Crippen LogP contribution in [0.4, 0.5) is 0 Å². The first kappa shape index (κ1) is 24.4. The minimum Gasteiger partial charge on any atom is -0.333 e. The molecule has 28 heavy (non-hydrogen) atoms. The summed E-state index contributed by atoms with van der Waals surface area (Å²) in [6.45, 7) is 6.57. The number of rotatable bonds is 5. The normalized spacial score (nSPS) is 16.5. The van der Waals surface area contributed by atoms with Crippen LogP contribution in [0.3, 0.4) is 0 Å². The monoisotopic (exact) mass is 427 g/mol. The molecule has 1 N–H and O–H groups in total. The summed E-state index contributed by atoms with van der Waals surface area (Å²) in [4.78, 5) is 19.8. The fourth-order valence-corrected chi connectivity index (χ4v) is 3.73. The van der Waals surface area contributed by atoms with E-state index < -0.39 is 0 Å². The van der Waals surface area contributed by atoms with Gasteiger partial charge in [0.15, 0.2) is 0 Å². The first-order chi connectivity index (χ1) is 12.6. The Morgan fingerprint density at radius 3 is 2.68 bits per heavy atom. The fraction of sp³-hybridized carbons (Fsp3) is 0.550. The van der Waals surface area contributed by atoms with Crippen LogP contribution in [0.15, 0.2) is 24.4 Å². The van der Waals surface area contributed by atoms with Crippen LogP contribution in [0, 0.1) is 13.8 Å². The second-order valence-corrected chi connectivity index (χ2v) is 7.13. The smallest absolute Gasteiger partial charge is 0.227 e. The number of nitrogens with zero attached hydrogens (tertiary/aromatic N) is 4. The van der Waals surface area contributed by atoms with Gasteiger partial charge in [0, 0.05) is 30.5 Å². The van der Waals surface area contributed by atoms with Crippen molar-refractivity contribution in [3.05, 3.63) is 47.0 Å². The van der Waals surface area contributed by atoms with E-state index in [1.807, 2.05) is 48.7 Å². The maximum atomic E-state index is 13.3. The number of aromatic nitrogens is 3. The predicted molar refractivity (Wildman–Crippen MR) is 116 cm³/mol. The van der Waals surface area contributed by atoms with Gasteiger partial charge in [0.1, 0.15) is 0 Å². The Balaban J connectivity index is 0.00000196. The summed E-state index contributed by atoms with van der Waals surface area (Å²) in [7, 11) is 1.93. The van der Waals surface area contributed by atoms with E-state index in [1.165, 1.54) is 0 Å². The van der Waals surface area contributed by atoms with Crippen molar-refractivity contribution in [3.63, 3.8) is 0 Å². The molecule has 3 rings (SSSR count). The van der Waals surface area contributed by atoms with Crippen LogP contribution >= 0.6 is 24.8 Å². The number of nitrogens with one attached hydrogen (secondary N) is 1. The van der Waals surface area contributed by atoms with E-state index in [0.29, 0.717) is 13.0 Å². The molecule has 0 saturated carbocycles. The van der Waals surface area contributed by atoms with Crippen molar-refractivity contribution < 1.29 is 4.79 Å². The van der Waals surface area contributed by atoms with Gasteiger partial charge in [-0.1, -0.05) is 6.07 Å². The lowest BCUT2D eigenvalue weighted by atomic mass is 10.0. The van der Waals surface area contributed by atoms with Crippen LogP contribution in [0.1, 0.15) is 41.9 Å². The summed E-state index contributed by atoms with van der Waals surface area (Å²) in [6, 6.07) is 6.15. The average Bonchev–Trinajstić information content (AvgIpc) is 2.85. The van der Waals surface area contributed by atoms with Crippen LogP contribution in [0.2, 0.25) is 0 Å². The summed E-state index contributed by atoms with van der Waals surface area (Å²) in [6.07, 6.45) is 5.33. The molecule has 1 unspecified atom stereocenters. The highest BCUT2D eigenvalue weighted by atomic mass is 35.5. The third kappa shape index (κ3) is 5.93. The van der Waals surface area contributed by atoms with Gasteiger partial charge in [0.2, 0.25) is 5.91 Å². The quantitative estimate of drug-likeness (QED) is 0.796. The molecule has 1 fully saturated rings. The van der Waals surface area contributed by atoms with Crippen LogP contribution in [0.25, 0.3) is 0 Å². The summed E-state index contributed by atoms with van der Waals surface area (Å²) in [5.41, 5.74) is 4.00. The fourth-order valence-electron chi connectivity index (χ4n) is 3.73. The number of carbonyl (C=O) groups is 1. The van der Waals surface area contributed by atoms with Gasteiger partial charge in [0.05, 0.1) is 24.4 Å². The van der Waals surface area contributed by atoms with E-state index in [0.717, 1.165) is 55.0 Å². The lowest BCUT2D eigenvalue weighted by molar-refractivity contribution is -0.133. The van der Waals surface area contributed by atoms with Crippen molar-refractivity contribution in [2.24, 2.45) is 7.05 Å². The van der Waals surface area contributed by atoms with E-state index in [4.69, 9.17) is 0 Å². The lowest BCUT2D eigenvalue weighted by Crippen LogP contribution is -2.41. The second-order valence-electron chi connectivity index (χ2n) is 7.13. The first-order valence-corrected chi connectivity index (χ1v) is 9.45. The molecule has 2 aromatic heterocycles. The molecule has 0 aliphatic carbocycles. The predicted octanol–water partition coefficient (Wildman–Crippen LogP) is 2.99. The minimum atomic E-state index is 0. The Morgan fingerprint density at radius 2 is 2.04 bits per heavy atom. The summed E-state index contributed by atoms with van der Waals surface area (Å²) < 4.78 is 1.86. The molecule has 0 spiro atoms. The number of hydrogen-bond acceptors (Lipinski definition) is 4. The molecule has 0 bridgehead atoms. The van der Waals surface area contributed by atoms with Crippen LogP contribution in [0.5, 0.6) is 0 Å². The van der Waals surface area contributed by atoms with Gasteiger partial charge in [-0.3, -0.25) is 14.5 Å². The standard InChI is InChI=1S/C20H29N5O.2ClH/c1-15-19(16(2)24(3)23-15)13-20(26)25(14-17-7-4-5-11-22-17)18-8-6-10-21-12-9-18;;/h4-5,7,11,18,21H,6,8-10,12-14H2,1-3H3;2*1H. The molecule has 0 aromatic carbocycles. The Kier molecular flexibility index (Phi) is 9.93. The SMILES string of the molecule is Cc1nn(C)c(C)c1CC(=O)N(Cc1ccccn1)C1CCCNCC1.Cl.Cl. The number of hydrogen-bond donors (Lipinski definition) is 1. The van der Waals surface area contributed by atoms with Gasteiger partial charge in [-0.05, 0) is 58.3 Å². The Morgan fingerprint density at radius 1 is 1.25 bits per heavy atom. The molecule has 156 valence electrons. The van der Waals surface area contributed by atoms with Crippen molar-refractivity contribution in [2.75, 3.05) is 13.1 Å². The molecule has 1 atom stereocenters. The summed E-state index contributed by atoms with van der Waals surface area (Å²) in [5.74, 6) is 0.168. The van der Waals surface area contributed by atoms with Gasteiger partial charge in [-0.2, -0.15) is 5.10 Å². The first-order valence-electron chi connectivity index (χ1n) is 9.45. The third-order valence-corrected chi connectivity index (χ3v) is 5.35. The molecule has 2 aromatic rings. The van der Waals surface area contributed by atoms with Crippen molar-refractivity contribution >= 4 is 30.7 Å². The Labute approximate surface area is 179 Å². The zero-order valence-electron chi connectivity index (χ0n) is 16.9. The molecule has 1 amide bonds. The molecule has 1 aliphatic heterocycles. The third-order valence-electron chi connectivity index (χ3n) is 5.35. The molecule has 1 aliphatic rings. The van der Waals surface area contributed by atoms with Gasteiger partial charge in [-0.15, -0.1) is 24.8 Å². The van der Waals surface area contributed by atoms with Crippen LogP contribution in [-0.2, 0) is 24.8 Å². The molecule has 0 radical (unpaired) electrons. The second kappa shape index (κ2) is 11.4. The number of halogens is 2. The maximum absolute atomic E-state index is 13.3. The van der Waals surface area contributed by atoms with Gasteiger partial charge >= 0.3 is 0 Å². The zero-order valence-corrected chi connectivity index (χ0v) is 18.5. The van der Waals surface area contributed by atoms with Crippen molar-refractivity contribution in [2.45, 2.75) is 52.1 Å². The number of carbonyl (C=O) groups excluding carboxylic acids is 1. The van der Waals surface area contributed by atoms with E-state index in [9.17, 15) is 4.79 Å². The Hall–Kier alpha value is -1.63. The van der Waals surface area contributed by atoms with E-state index in [2.05, 4.69) is 15.4 Å². The molecule has 6 nitrogen and oxygen atoms in total. The minimum absolute atomic E-state index is 0. The highest BCUT2D eigenvalue weighted by Gasteiger charge is 2.26. The number of aryl methyl sites for hydroxylation is 2. The van der Waals surface area contributed by atoms with Crippen molar-refractivity contribution in [1.29, 1.82) is 0 Å². The van der Waals surface area contributed by atoms with Gasteiger partial charge in [0.25, 0.3) is 0 Å².